The third-order valence-electron chi connectivity index (χ3n) is 2.38. The predicted octanol–water partition coefficient (Wildman–Crippen LogP) is 2.19. The highest BCUT2D eigenvalue weighted by atomic mass is 32.1. The molecule has 5 heteroatoms. The summed E-state index contributed by atoms with van der Waals surface area (Å²) in [5.41, 5.74) is 0.891. The molecule has 0 bridgehead atoms. The minimum atomic E-state index is -0.529. The standard InChI is InChI=1S/C12H13NO3S/c14-10(9-4-7-17-8-9)3-5-13-12(15)11-2-1-6-16-11/h1-2,4,6-8,10,14H,3,5H2,(H,13,15)/t10-/m0/s1. The van der Waals surface area contributed by atoms with Gasteiger partial charge in [-0.25, -0.2) is 0 Å². The number of hydrogen-bond acceptors (Lipinski definition) is 4. The molecule has 0 fully saturated rings. The van der Waals surface area contributed by atoms with Gasteiger partial charge in [0.1, 0.15) is 0 Å². The smallest absolute Gasteiger partial charge is 0.286 e. The van der Waals surface area contributed by atoms with E-state index in [4.69, 9.17) is 4.42 Å². The van der Waals surface area contributed by atoms with Crippen LogP contribution in [0.1, 0.15) is 28.6 Å². The van der Waals surface area contributed by atoms with Crippen LogP contribution in [-0.2, 0) is 0 Å². The average molecular weight is 251 g/mol. The van der Waals surface area contributed by atoms with E-state index in [2.05, 4.69) is 5.32 Å². The van der Waals surface area contributed by atoms with Crippen molar-refractivity contribution in [1.82, 2.24) is 5.32 Å². The fourth-order valence-corrected chi connectivity index (χ4v) is 2.16. The summed E-state index contributed by atoms with van der Waals surface area (Å²) in [5, 5.41) is 16.3. The summed E-state index contributed by atoms with van der Waals surface area (Å²) in [6, 6.07) is 5.14. The molecule has 0 spiro atoms. The van der Waals surface area contributed by atoms with Crippen molar-refractivity contribution in [2.45, 2.75) is 12.5 Å². The summed E-state index contributed by atoms with van der Waals surface area (Å²) in [7, 11) is 0. The third-order valence-corrected chi connectivity index (χ3v) is 3.08. The van der Waals surface area contributed by atoms with Gasteiger partial charge in [-0.2, -0.15) is 11.3 Å². The van der Waals surface area contributed by atoms with Crippen molar-refractivity contribution in [2.75, 3.05) is 6.54 Å². The quantitative estimate of drug-likeness (QED) is 0.856. The number of furan rings is 1. The molecule has 2 rings (SSSR count). The predicted molar refractivity (Wildman–Crippen MR) is 64.9 cm³/mol. The highest BCUT2D eigenvalue weighted by Gasteiger charge is 2.10. The highest BCUT2D eigenvalue weighted by Crippen LogP contribution is 2.18. The molecule has 17 heavy (non-hydrogen) atoms. The molecular formula is C12H13NO3S. The Labute approximate surface area is 103 Å². The third kappa shape index (κ3) is 3.18. The molecule has 0 radical (unpaired) electrons. The minimum absolute atomic E-state index is 0.257. The van der Waals surface area contributed by atoms with E-state index < -0.39 is 6.10 Å². The summed E-state index contributed by atoms with van der Waals surface area (Å²) in [6.45, 7) is 0.413. The van der Waals surface area contributed by atoms with Gasteiger partial charge >= 0.3 is 0 Å². The SMILES string of the molecule is O=C(NCC[C@H](O)c1ccsc1)c1ccco1. The number of amides is 1. The second kappa shape index (κ2) is 5.65. The first-order valence-corrected chi connectivity index (χ1v) is 6.23. The van der Waals surface area contributed by atoms with E-state index in [9.17, 15) is 9.90 Å². The molecule has 90 valence electrons. The summed E-state index contributed by atoms with van der Waals surface area (Å²) < 4.78 is 4.95. The summed E-state index contributed by atoms with van der Waals surface area (Å²) in [6.07, 6.45) is 1.41. The molecule has 2 aromatic heterocycles. The lowest BCUT2D eigenvalue weighted by Crippen LogP contribution is -2.25. The maximum atomic E-state index is 11.5. The number of aliphatic hydroxyl groups excluding tert-OH is 1. The monoisotopic (exact) mass is 251 g/mol. The van der Waals surface area contributed by atoms with Crippen molar-refractivity contribution in [1.29, 1.82) is 0 Å². The van der Waals surface area contributed by atoms with Crippen LogP contribution in [0.25, 0.3) is 0 Å². The first-order valence-electron chi connectivity index (χ1n) is 5.29. The maximum absolute atomic E-state index is 11.5. The van der Waals surface area contributed by atoms with Crippen LogP contribution in [0.2, 0.25) is 0 Å². The normalized spacial score (nSPS) is 12.3. The Morgan fingerprint density at radius 3 is 3.06 bits per heavy atom. The van der Waals surface area contributed by atoms with E-state index in [-0.39, 0.29) is 11.7 Å². The molecule has 2 N–H and O–H groups in total. The van der Waals surface area contributed by atoms with Gasteiger partial charge in [0.15, 0.2) is 5.76 Å². The van der Waals surface area contributed by atoms with E-state index in [1.165, 1.54) is 6.26 Å². The zero-order valence-electron chi connectivity index (χ0n) is 9.13. The summed E-state index contributed by atoms with van der Waals surface area (Å²) in [4.78, 5) is 11.5. The van der Waals surface area contributed by atoms with E-state index >= 15 is 0 Å². The molecule has 0 saturated carbocycles. The number of carbonyl (C=O) groups excluding carboxylic acids is 1. The molecular weight excluding hydrogens is 238 g/mol. The van der Waals surface area contributed by atoms with Crippen LogP contribution in [0.5, 0.6) is 0 Å². The van der Waals surface area contributed by atoms with E-state index in [0.29, 0.717) is 13.0 Å². The Morgan fingerprint density at radius 1 is 1.53 bits per heavy atom. The molecule has 2 aromatic rings. The van der Waals surface area contributed by atoms with Crippen LogP contribution in [0.15, 0.2) is 39.6 Å². The molecule has 2 heterocycles. The number of hydrogen-bond donors (Lipinski definition) is 2. The van der Waals surface area contributed by atoms with Crippen molar-refractivity contribution in [3.63, 3.8) is 0 Å². The molecule has 1 atom stereocenters. The Hall–Kier alpha value is -1.59. The topological polar surface area (TPSA) is 62.5 Å². The lowest BCUT2D eigenvalue weighted by atomic mass is 10.1. The van der Waals surface area contributed by atoms with Crippen LogP contribution in [0.4, 0.5) is 0 Å². The average Bonchev–Trinajstić information content (AvgIpc) is 3.02. The summed E-state index contributed by atoms with van der Waals surface area (Å²) >= 11 is 1.54. The van der Waals surface area contributed by atoms with Gasteiger partial charge in [0.2, 0.25) is 0 Å². The number of aliphatic hydroxyl groups is 1. The van der Waals surface area contributed by atoms with Crippen LogP contribution in [-0.4, -0.2) is 17.6 Å². The zero-order valence-corrected chi connectivity index (χ0v) is 9.94. The Bertz CT molecular complexity index is 450. The largest absolute Gasteiger partial charge is 0.459 e. The number of carbonyl (C=O) groups is 1. The number of thiophene rings is 1. The number of nitrogens with one attached hydrogen (secondary N) is 1. The fourth-order valence-electron chi connectivity index (χ4n) is 1.45. The molecule has 0 unspecified atom stereocenters. The second-order valence-corrected chi connectivity index (χ2v) is 4.37. The molecule has 0 aliphatic rings. The van der Waals surface area contributed by atoms with Gasteiger partial charge in [0.25, 0.3) is 5.91 Å². The maximum Gasteiger partial charge on any atom is 0.286 e. The first kappa shape index (κ1) is 11.9. The van der Waals surface area contributed by atoms with E-state index in [1.807, 2.05) is 16.8 Å². The lowest BCUT2D eigenvalue weighted by Gasteiger charge is -2.08. The van der Waals surface area contributed by atoms with Gasteiger partial charge in [-0.15, -0.1) is 0 Å². The molecule has 0 aliphatic heterocycles. The van der Waals surface area contributed by atoms with Crippen molar-refractivity contribution in [3.05, 3.63) is 46.5 Å². The van der Waals surface area contributed by atoms with Crippen molar-refractivity contribution in [2.24, 2.45) is 0 Å². The fraction of sp³-hybridized carbons (Fsp3) is 0.250. The van der Waals surface area contributed by atoms with Crippen LogP contribution in [0, 0.1) is 0 Å². The molecule has 1 amide bonds. The van der Waals surface area contributed by atoms with E-state index in [1.54, 1.807) is 23.5 Å². The van der Waals surface area contributed by atoms with Gasteiger partial charge in [0.05, 0.1) is 12.4 Å². The first-order chi connectivity index (χ1) is 8.27. The van der Waals surface area contributed by atoms with Crippen LogP contribution < -0.4 is 5.32 Å². The Morgan fingerprint density at radius 2 is 2.41 bits per heavy atom. The van der Waals surface area contributed by atoms with Gasteiger partial charge < -0.3 is 14.8 Å². The minimum Gasteiger partial charge on any atom is -0.459 e. The highest BCUT2D eigenvalue weighted by molar-refractivity contribution is 7.07. The van der Waals surface area contributed by atoms with Crippen LogP contribution >= 0.6 is 11.3 Å². The molecule has 0 aromatic carbocycles. The van der Waals surface area contributed by atoms with Gasteiger partial charge in [-0.05, 0) is 40.9 Å². The van der Waals surface area contributed by atoms with Gasteiger partial charge in [0, 0.05) is 6.54 Å². The van der Waals surface area contributed by atoms with Gasteiger partial charge in [-0.1, -0.05) is 0 Å². The Balaban J connectivity index is 1.75. The Kier molecular flexibility index (Phi) is 3.95. The zero-order chi connectivity index (χ0) is 12.1. The molecule has 0 saturated heterocycles. The van der Waals surface area contributed by atoms with Crippen molar-refractivity contribution < 1.29 is 14.3 Å². The van der Waals surface area contributed by atoms with E-state index in [0.717, 1.165) is 5.56 Å². The number of rotatable bonds is 5. The van der Waals surface area contributed by atoms with Crippen molar-refractivity contribution >= 4 is 17.2 Å². The van der Waals surface area contributed by atoms with Gasteiger partial charge in [-0.3, -0.25) is 4.79 Å². The summed E-state index contributed by atoms with van der Waals surface area (Å²) in [5.74, 6) is 0.0301. The molecule has 4 nitrogen and oxygen atoms in total. The molecule has 0 aliphatic carbocycles. The second-order valence-electron chi connectivity index (χ2n) is 3.59. The lowest BCUT2D eigenvalue weighted by molar-refractivity contribution is 0.0915. The van der Waals surface area contributed by atoms with Crippen LogP contribution in [0.3, 0.4) is 0 Å². The van der Waals surface area contributed by atoms with Crippen molar-refractivity contribution in [3.8, 4) is 0 Å².